The molecule has 0 radical (unpaired) electrons. The molecule has 2 N–H and O–H groups in total. The Morgan fingerprint density at radius 1 is 1.50 bits per heavy atom. The van der Waals surface area contributed by atoms with Crippen LogP contribution in [0.3, 0.4) is 0 Å². The van der Waals surface area contributed by atoms with Crippen LogP contribution in [0.4, 0.5) is 4.39 Å². The third kappa shape index (κ3) is 3.38. The molecule has 0 bridgehead atoms. The van der Waals surface area contributed by atoms with Crippen molar-refractivity contribution >= 4 is 21.8 Å². The molecule has 5 heteroatoms. The third-order valence-corrected chi connectivity index (χ3v) is 4.58. The average Bonchev–Trinajstić information content (AvgIpc) is 2.38. The predicted octanol–water partition coefficient (Wildman–Crippen LogP) is 2.95. The summed E-state index contributed by atoms with van der Waals surface area (Å²) >= 11 is 3.21. The van der Waals surface area contributed by atoms with Crippen LogP contribution in [0.1, 0.15) is 37.7 Å². The minimum atomic E-state index is -0.238. The van der Waals surface area contributed by atoms with Gasteiger partial charge in [-0.05, 0) is 65.9 Å². The quantitative estimate of drug-likeness (QED) is 0.863. The topological polar surface area (TPSA) is 41.1 Å². The zero-order valence-corrected chi connectivity index (χ0v) is 13.3. The molecule has 1 aromatic carbocycles. The molecule has 3 nitrogen and oxygen atoms in total. The molecule has 1 atom stereocenters. The molecule has 1 aromatic rings. The lowest BCUT2D eigenvalue weighted by Gasteiger charge is -2.37. The highest BCUT2D eigenvalue weighted by Crippen LogP contribution is 2.38. The predicted molar refractivity (Wildman–Crippen MR) is 81.1 cm³/mol. The van der Waals surface area contributed by atoms with Crippen molar-refractivity contribution in [1.29, 1.82) is 0 Å². The molecular formula is C15H20BrFN2O. The zero-order chi connectivity index (χ0) is 14.7. The third-order valence-electron chi connectivity index (χ3n) is 3.97. The first-order valence-electron chi connectivity index (χ1n) is 6.97. The summed E-state index contributed by atoms with van der Waals surface area (Å²) in [6, 6.07) is 5.26. The molecule has 1 amide bonds. The fourth-order valence-corrected chi connectivity index (χ4v) is 2.99. The summed E-state index contributed by atoms with van der Waals surface area (Å²) in [5.74, 6) is 0.239. The van der Waals surface area contributed by atoms with Gasteiger partial charge in [-0.2, -0.15) is 0 Å². The van der Waals surface area contributed by atoms with E-state index < -0.39 is 0 Å². The standard InChI is InChI=1S/C15H20BrFN2O/c1-3-14(18-2)15(20)19-11-6-10(7-11)9-4-5-13(17)12(16)8-9/h4-5,8,10-11,14,18H,3,6-7H2,1-2H3,(H,19,20). The summed E-state index contributed by atoms with van der Waals surface area (Å²) in [6.45, 7) is 1.99. The van der Waals surface area contributed by atoms with Crippen LogP contribution in [-0.4, -0.2) is 25.0 Å². The Kier molecular flexibility index (Phi) is 5.16. The number of carbonyl (C=O) groups excluding carboxylic acids is 1. The van der Waals surface area contributed by atoms with Crippen LogP contribution >= 0.6 is 15.9 Å². The van der Waals surface area contributed by atoms with E-state index in [4.69, 9.17) is 0 Å². The molecule has 2 rings (SSSR count). The summed E-state index contributed by atoms with van der Waals surface area (Å²) in [5, 5.41) is 6.06. The number of likely N-dealkylation sites (N-methyl/N-ethyl adjacent to an activating group) is 1. The Hall–Kier alpha value is -0.940. The molecule has 1 aliphatic carbocycles. The second kappa shape index (κ2) is 6.68. The van der Waals surface area contributed by atoms with Crippen LogP contribution in [0.5, 0.6) is 0 Å². The molecule has 1 saturated carbocycles. The van der Waals surface area contributed by atoms with Crippen molar-refractivity contribution in [1.82, 2.24) is 10.6 Å². The largest absolute Gasteiger partial charge is 0.352 e. The molecule has 1 unspecified atom stereocenters. The van der Waals surface area contributed by atoms with Crippen LogP contribution in [0.15, 0.2) is 22.7 Å². The fourth-order valence-electron chi connectivity index (χ4n) is 2.60. The van der Waals surface area contributed by atoms with E-state index in [1.807, 2.05) is 19.1 Å². The number of hydrogen-bond acceptors (Lipinski definition) is 2. The summed E-state index contributed by atoms with van der Waals surface area (Å²) in [7, 11) is 1.80. The number of nitrogens with one attached hydrogen (secondary N) is 2. The van der Waals surface area contributed by atoms with Gasteiger partial charge in [-0.3, -0.25) is 4.79 Å². The van der Waals surface area contributed by atoms with Gasteiger partial charge in [-0.25, -0.2) is 4.39 Å². The summed E-state index contributed by atoms with van der Waals surface area (Å²) in [6.07, 6.45) is 2.62. The lowest BCUT2D eigenvalue weighted by atomic mass is 9.76. The normalized spacial score (nSPS) is 23.0. The Morgan fingerprint density at radius 2 is 2.20 bits per heavy atom. The van der Waals surface area contributed by atoms with Crippen LogP contribution in [0, 0.1) is 5.82 Å². The maximum Gasteiger partial charge on any atom is 0.237 e. The van der Waals surface area contributed by atoms with Gasteiger partial charge in [-0.15, -0.1) is 0 Å². The first-order valence-corrected chi connectivity index (χ1v) is 7.77. The summed E-state index contributed by atoms with van der Waals surface area (Å²) in [4.78, 5) is 11.9. The van der Waals surface area contributed by atoms with Crippen molar-refractivity contribution < 1.29 is 9.18 Å². The minimum Gasteiger partial charge on any atom is -0.352 e. The maximum atomic E-state index is 13.2. The first kappa shape index (κ1) is 15.4. The van der Waals surface area contributed by atoms with Gasteiger partial charge in [0, 0.05) is 6.04 Å². The molecule has 110 valence electrons. The number of halogens is 2. The molecule has 0 aromatic heterocycles. The highest BCUT2D eigenvalue weighted by atomic mass is 79.9. The lowest BCUT2D eigenvalue weighted by Crippen LogP contribution is -2.50. The van der Waals surface area contributed by atoms with Gasteiger partial charge in [0.25, 0.3) is 0 Å². The second-order valence-corrected chi connectivity index (χ2v) is 6.15. The zero-order valence-electron chi connectivity index (χ0n) is 11.7. The Morgan fingerprint density at radius 3 is 2.75 bits per heavy atom. The summed E-state index contributed by atoms with van der Waals surface area (Å²) < 4.78 is 13.7. The van der Waals surface area contributed by atoms with Crippen molar-refractivity contribution in [2.45, 2.75) is 44.2 Å². The van der Waals surface area contributed by atoms with E-state index >= 15 is 0 Å². The first-order chi connectivity index (χ1) is 9.55. The van der Waals surface area contributed by atoms with E-state index in [-0.39, 0.29) is 23.8 Å². The number of benzene rings is 1. The summed E-state index contributed by atoms with van der Waals surface area (Å²) in [5.41, 5.74) is 1.13. The number of carbonyl (C=O) groups is 1. The molecule has 20 heavy (non-hydrogen) atoms. The minimum absolute atomic E-state index is 0.0683. The molecule has 0 spiro atoms. The van der Waals surface area contributed by atoms with Gasteiger partial charge in [0.1, 0.15) is 5.82 Å². The molecule has 1 fully saturated rings. The van der Waals surface area contributed by atoms with Crippen LogP contribution in [0.2, 0.25) is 0 Å². The van der Waals surface area contributed by atoms with Crippen molar-refractivity contribution in [2.24, 2.45) is 0 Å². The van der Waals surface area contributed by atoms with Crippen molar-refractivity contribution in [3.63, 3.8) is 0 Å². The van der Waals surface area contributed by atoms with Gasteiger partial charge < -0.3 is 10.6 Å². The van der Waals surface area contributed by atoms with Crippen LogP contribution in [-0.2, 0) is 4.79 Å². The van der Waals surface area contributed by atoms with Gasteiger partial charge in [-0.1, -0.05) is 13.0 Å². The molecule has 0 heterocycles. The Labute approximate surface area is 127 Å². The molecule has 0 aliphatic heterocycles. The Balaban J connectivity index is 1.85. The number of amides is 1. The lowest BCUT2D eigenvalue weighted by molar-refractivity contribution is -0.124. The van der Waals surface area contributed by atoms with E-state index in [9.17, 15) is 9.18 Å². The molecular weight excluding hydrogens is 323 g/mol. The number of rotatable bonds is 5. The van der Waals surface area contributed by atoms with Gasteiger partial charge in [0.15, 0.2) is 0 Å². The van der Waals surface area contributed by atoms with E-state index in [0.717, 1.165) is 24.8 Å². The van der Waals surface area contributed by atoms with Crippen molar-refractivity contribution in [3.05, 3.63) is 34.1 Å². The van der Waals surface area contributed by atoms with Gasteiger partial charge in [0.2, 0.25) is 5.91 Å². The Bertz CT molecular complexity index is 485. The van der Waals surface area contributed by atoms with E-state index in [0.29, 0.717) is 10.4 Å². The highest BCUT2D eigenvalue weighted by molar-refractivity contribution is 9.10. The van der Waals surface area contributed by atoms with Crippen LogP contribution < -0.4 is 10.6 Å². The van der Waals surface area contributed by atoms with E-state index in [1.165, 1.54) is 6.07 Å². The van der Waals surface area contributed by atoms with Crippen molar-refractivity contribution in [2.75, 3.05) is 7.05 Å². The smallest absolute Gasteiger partial charge is 0.237 e. The van der Waals surface area contributed by atoms with Crippen molar-refractivity contribution in [3.8, 4) is 0 Å². The maximum absolute atomic E-state index is 13.2. The van der Waals surface area contributed by atoms with E-state index in [2.05, 4.69) is 26.6 Å². The van der Waals surface area contributed by atoms with Gasteiger partial charge >= 0.3 is 0 Å². The number of hydrogen-bond donors (Lipinski definition) is 2. The molecule has 1 aliphatic rings. The van der Waals surface area contributed by atoms with Gasteiger partial charge in [0.05, 0.1) is 10.5 Å². The van der Waals surface area contributed by atoms with E-state index in [1.54, 1.807) is 7.05 Å². The monoisotopic (exact) mass is 342 g/mol. The fraction of sp³-hybridized carbons (Fsp3) is 0.533. The van der Waals surface area contributed by atoms with Crippen LogP contribution in [0.25, 0.3) is 0 Å². The SMILES string of the molecule is CCC(NC)C(=O)NC1CC(c2ccc(F)c(Br)c2)C1. The second-order valence-electron chi connectivity index (χ2n) is 5.30. The average molecular weight is 343 g/mol. The highest BCUT2D eigenvalue weighted by Gasteiger charge is 2.32. The molecule has 0 saturated heterocycles.